The van der Waals surface area contributed by atoms with Gasteiger partial charge >= 0.3 is 0 Å². The first-order valence-electron chi connectivity index (χ1n) is 5.85. The van der Waals surface area contributed by atoms with E-state index in [1.165, 1.54) is 0 Å². The normalized spacial score (nSPS) is 13.8. The smallest absolute Gasteiger partial charge is 0.154 e. The molecule has 0 aromatic heterocycles. The summed E-state index contributed by atoms with van der Waals surface area (Å²) in [4.78, 5) is 0. The minimum absolute atomic E-state index is 0.0837. The summed E-state index contributed by atoms with van der Waals surface area (Å²) < 4.78 is 24.2. The SMILES string of the molecule is CC(C)C(CBr)CS(=O)(=O)Cc1ccc(Cl)cc1. The molecule has 0 radical (unpaired) electrons. The fraction of sp³-hybridized carbons (Fsp3) is 0.538. The van der Waals surface area contributed by atoms with Crippen molar-refractivity contribution in [3.63, 3.8) is 0 Å². The van der Waals surface area contributed by atoms with Crippen molar-refractivity contribution in [2.45, 2.75) is 19.6 Å². The molecular weight excluding hydrogens is 336 g/mol. The van der Waals surface area contributed by atoms with Crippen LogP contribution in [0.5, 0.6) is 0 Å². The largest absolute Gasteiger partial charge is 0.228 e. The van der Waals surface area contributed by atoms with E-state index in [9.17, 15) is 8.42 Å². The highest BCUT2D eigenvalue weighted by atomic mass is 79.9. The van der Waals surface area contributed by atoms with Gasteiger partial charge in [0.05, 0.1) is 11.5 Å². The van der Waals surface area contributed by atoms with Crippen molar-refractivity contribution >= 4 is 37.4 Å². The van der Waals surface area contributed by atoms with E-state index in [4.69, 9.17) is 11.6 Å². The summed E-state index contributed by atoms with van der Waals surface area (Å²) in [5.74, 6) is 0.811. The molecule has 0 aliphatic heterocycles. The molecule has 0 fully saturated rings. The highest BCUT2D eigenvalue weighted by molar-refractivity contribution is 9.09. The van der Waals surface area contributed by atoms with Crippen molar-refractivity contribution in [3.8, 4) is 0 Å². The monoisotopic (exact) mass is 352 g/mol. The highest BCUT2D eigenvalue weighted by Crippen LogP contribution is 2.19. The van der Waals surface area contributed by atoms with Crippen LogP contribution in [-0.2, 0) is 15.6 Å². The molecule has 0 aliphatic carbocycles. The summed E-state index contributed by atoms with van der Waals surface area (Å²) in [6, 6.07) is 6.96. The third-order valence-electron chi connectivity index (χ3n) is 2.91. The van der Waals surface area contributed by atoms with Crippen molar-refractivity contribution in [2.75, 3.05) is 11.1 Å². The van der Waals surface area contributed by atoms with Gasteiger partial charge in [-0.2, -0.15) is 0 Å². The summed E-state index contributed by atoms with van der Waals surface area (Å²) in [5.41, 5.74) is 0.788. The Morgan fingerprint density at radius 1 is 1.22 bits per heavy atom. The summed E-state index contributed by atoms with van der Waals surface area (Å²) in [6.45, 7) is 4.09. The van der Waals surface area contributed by atoms with Gasteiger partial charge in [0, 0.05) is 10.4 Å². The Morgan fingerprint density at radius 3 is 2.22 bits per heavy atom. The number of hydrogen-bond acceptors (Lipinski definition) is 2. The van der Waals surface area contributed by atoms with Crippen molar-refractivity contribution < 1.29 is 8.42 Å². The molecule has 0 amide bonds. The quantitative estimate of drug-likeness (QED) is 0.726. The molecule has 0 saturated heterocycles. The molecule has 0 heterocycles. The number of sulfone groups is 1. The average Bonchev–Trinajstić information content (AvgIpc) is 2.28. The second-order valence-electron chi connectivity index (χ2n) is 4.84. The van der Waals surface area contributed by atoms with Crippen molar-refractivity contribution in [2.24, 2.45) is 11.8 Å². The number of rotatable bonds is 6. The maximum absolute atomic E-state index is 12.1. The molecule has 0 bridgehead atoms. The zero-order chi connectivity index (χ0) is 13.8. The minimum atomic E-state index is -3.08. The molecule has 0 aliphatic rings. The molecule has 1 atom stereocenters. The number of alkyl halides is 1. The Hall–Kier alpha value is -0.0600. The van der Waals surface area contributed by atoms with Crippen LogP contribution < -0.4 is 0 Å². The molecule has 1 aromatic carbocycles. The van der Waals surface area contributed by atoms with Gasteiger partial charge in [-0.15, -0.1) is 0 Å². The summed E-state index contributed by atoms with van der Waals surface area (Å²) in [7, 11) is -3.08. The predicted molar refractivity (Wildman–Crippen MR) is 81.1 cm³/mol. The minimum Gasteiger partial charge on any atom is -0.228 e. The fourth-order valence-corrected chi connectivity index (χ4v) is 5.01. The van der Waals surface area contributed by atoms with Crippen LogP contribution in [-0.4, -0.2) is 19.5 Å². The van der Waals surface area contributed by atoms with Crippen LogP contribution in [0.1, 0.15) is 19.4 Å². The lowest BCUT2D eigenvalue weighted by Gasteiger charge is -2.18. The molecule has 1 aromatic rings. The second kappa shape index (κ2) is 6.92. The van der Waals surface area contributed by atoms with Gasteiger partial charge in [-0.3, -0.25) is 0 Å². The lowest BCUT2D eigenvalue weighted by atomic mass is 10.0. The van der Waals surface area contributed by atoms with Crippen molar-refractivity contribution in [3.05, 3.63) is 34.9 Å². The fourth-order valence-electron chi connectivity index (χ4n) is 1.63. The molecule has 0 saturated carbocycles. The van der Waals surface area contributed by atoms with Gasteiger partial charge < -0.3 is 0 Å². The average molecular weight is 354 g/mol. The second-order valence-corrected chi connectivity index (χ2v) is 8.03. The van der Waals surface area contributed by atoms with Crippen LogP contribution in [0, 0.1) is 11.8 Å². The third kappa shape index (κ3) is 5.29. The third-order valence-corrected chi connectivity index (χ3v) is 5.70. The van der Waals surface area contributed by atoms with Gasteiger partial charge in [-0.25, -0.2) is 8.42 Å². The molecule has 2 nitrogen and oxygen atoms in total. The van der Waals surface area contributed by atoms with Crippen molar-refractivity contribution in [1.29, 1.82) is 0 Å². The van der Waals surface area contributed by atoms with Gasteiger partial charge in [0.2, 0.25) is 0 Å². The zero-order valence-electron chi connectivity index (χ0n) is 10.6. The van der Waals surface area contributed by atoms with Gasteiger partial charge in [0.15, 0.2) is 9.84 Å². The van der Waals surface area contributed by atoms with Crippen molar-refractivity contribution in [1.82, 2.24) is 0 Å². The standard InChI is InChI=1S/C13H18BrClO2S/c1-10(2)12(7-14)9-18(16,17)8-11-3-5-13(15)6-4-11/h3-6,10,12H,7-9H2,1-2H3. The molecule has 1 rings (SSSR count). The maximum atomic E-state index is 12.1. The number of hydrogen-bond donors (Lipinski definition) is 0. The molecule has 1 unspecified atom stereocenters. The van der Waals surface area contributed by atoms with E-state index < -0.39 is 9.84 Å². The van der Waals surface area contributed by atoms with E-state index in [1.807, 2.05) is 13.8 Å². The van der Waals surface area contributed by atoms with Crippen LogP contribution >= 0.6 is 27.5 Å². The molecule has 0 spiro atoms. The summed E-state index contributed by atoms with van der Waals surface area (Å²) in [5, 5.41) is 1.33. The Kier molecular flexibility index (Phi) is 6.15. The van der Waals surface area contributed by atoms with Crippen LogP contribution in [0.25, 0.3) is 0 Å². The number of benzene rings is 1. The first-order chi connectivity index (χ1) is 8.34. The molecule has 18 heavy (non-hydrogen) atoms. The molecule has 0 N–H and O–H groups in total. The van der Waals surface area contributed by atoms with Gasteiger partial charge in [0.1, 0.15) is 0 Å². The Labute approximate surface area is 123 Å². The Bertz CT molecular complexity index is 468. The summed E-state index contributed by atoms with van der Waals surface area (Å²) >= 11 is 9.16. The maximum Gasteiger partial charge on any atom is 0.154 e. The number of halogens is 2. The van der Waals surface area contributed by atoms with Crippen LogP contribution in [0.4, 0.5) is 0 Å². The predicted octanol–water partition coefficient (Wildman–Crippen LogP) is 3.92. The zero-order valence-corrected chi connectivity index (χ0v) is 13.7. The van der Waals surface area contributed by atoms with E-state index in [2.05, 4.69) is 15.9 Å². The van der Waals surface area contributed by atoms with E-state index in [0.29, 0.717) is 16.3 Å². The Morgan fingerprint density at radius 2 is 1.78 bits per heavy atom. The highest BCUT2D eigenvalue weighted by Gasteiger charge is 2.21. The molecule has 5 heteroatoms. The van der Waals surface area contributed by atoms with Gasteiger partial charge in [-0.1, -0.05) is 53.5 Å². The topological polar surface area (TPSA) is 34.1 Å². The molecular formula is C13H18BrClO2S. The van der Waals surface area contributed by atoms with Gasteiger partial charge in [-0.05, 0) is 29.5 Å². The molecule has 102 valence electrons. The lowest BCUT2D eigenvalue weighted by molar-refractivity contribution is 0.461. The van der Waals surface area contributed by atoms with Gasteiger partial charge in [0.25, 0.3) is 0 Å². The first-order valence-corrected chi connectivity index (χ1v) is 9.17. The van der Waals surface area contributed by atoms with E-state index in [-0.39, 0.29) is 17.4 Å². The van der Waals surface area contributed by atoms with Crippen LogP contribution in [0.2, 0.25) is 5.02 Å². The van der Waals surface area contributed by atoms with E-state index >= 15 is 0 Å². The summed E-state index contributed by atoms with van der Waals surface area (Å²) in [6.07, 6.45) is 0. The van der Waals surface area contributed by atoms with E-state index in [1.54, 1.807) is 24.3 Å². The van der Waals surface area contributed by atoms with Crippen LogP contribution in [0.15, 0.2) is 24.3 Å². The van der Waals surface area contributed by atoms with Crippen LogP contribution in [0.3, 0.4) is 0 Å². The first kappa shape index (κ1) is 16.0. The lowest BCUT2D eigenvalue weighted by Crippen LogP contribution is -2.23. The van der Waals surface area contributed by atoms with E-state index in [0.717, 1.165) is 5.56 Å². The Balaban J connectivity index is 2.73.